The number of hydrogen-bond acceptors (Lipinski definition) is 2. The van der Waals surface area contributed by atoms with Gasteiger partial charge in [-0.3, -0.25) is 4.79 Å². The van der Waals surface area contributed by atoms with E-state index in [1.165, 1.54) is 0 Å². The maximum Gasteiger partial charge on any atom is 0.225 e. The van der Waals surface area contributed by atoms with Gasteiger partial charge >= 0.3 is 0 Å². The van der Waals surface area contributed by atoms with E-state index < -0.39 is 0 Å². The first-order valence-corrected chi connectivity index (χ1v) is 7.47. The predicted molar refractivity (Wildman–Crippen MR) is 79.2 cm³/mol. The topological polar surface area (TPSA) is 29.5 Å². The van der Waals surface area contributed by atoms with Gasteiger partial charge in [-0.25, -0.2) is 0 Å². The third kappa shape index (κ3) is 2.94. The number of methoxy groups -OCH3 is 1. The van der Waals surface area contributed by atoms with Crippen molar-refractivity contribution >= 4 is 21.8 Å². The number of hydrogen-bond donors (Lipinski definition) is 0. The molecule has 1 heterocycles. The first-order chi connectivity index (χ1) is 9.04. The van der Waals surface area contributed by atoms with Gasteiger partial charge in [-0.1, -0.05) is 29.8 Å². The number of benzene rings is 1. The SMILES string of the molecule is COc1ccc(Br)cc1[C@H]1CCCN1C(=O)C(C)C. The van der Waals surface area contributed by atoms with Gasteiger partial charge < -0.3 is 9.64 Å². The molecule has 0 aromatic heterocycles. The molecule has 0 spiro atoms. The van der Waals surface area contributed by atoms with E-state index in [0.717, 1.165) is 35.2 Å². The van der Waals surface area contributed by atoms with Crippen LogP contribution in [0.25, 0.3) is 0 Å². The van der Waals surface area contributed by atoms with Crippen LogP contribution in [0.2, 0.25) is 0 Å². The van der Waals surface area contributed by atoms with Crippen LogP contribution < -0.4 is 4.74 Å². The fourth-order valence-electron chi connectivity index (χ4n) is 2.65. The van der Waals surface area contributed by atoms with E-state index in [1.54, 1.807) is 7.11 Å². The molecule has 1 aliphatic rings. The first-order valence-electron chi connectivity index (χ1n) is 6.68. The monoisotopic (exact) mass is 325 g/mol. The van der Waals surface area contributed by atoms with Crippen LogP contribution in [0.15, 0.2) is 22.7 Å². The van der Waals surface area contributed by atoms with Crippen molar-refractivity contribution in [3.05, 3.63) is 28.2 Å². The summed E-state index contributed by atoms with van der Waals surface area (Å²) < 4.78 is 6.46. The quantitative estimate of drug-likeness (QED) is 0.846. The highest BCUT2D eigenvalue weighted by atomic mass is 79.9. The molecule has 1 fully saturated rings. The van der Waals surface area contributed by atoms with Gasteiger partial charge in [-0.2, -0.15) is 0 Å². The molecule has 0 N–H and O–H groups in total. The number of carbonyl (C=O) groups excluding carboxylic acids is 1. The Labute approximate surface area is 123 Å². The number of amides is 1. The Bertz CT molecular complexity index is 473. The molecule has 0 aliphatic carbocycles. The van der Waals surface area contributed by atoms with Crippen LogP contribution >= 0.6 is 15.9 Å². The summed E-state index contributed by atoms with van der Waals surface area (Å²) in [5.74, 6) is 1.12. The predicted octanol–water partition coefficient (Wildman–Crippen LogP) is 3.78. The van der Waals surface area contributed by atoms with Crippen LogP contribution in [0.1, 0.15) is 38.3 Å². The fraction of sp³-hybridized carbons (Fsp3) is 0.533. The maximum absolute atomic E-state index is 12.3. The van der Waals surface area contributed by atoms with E-state index in [2.05, 4.69) is 22.0 Å². The molecular weight excluding hydrogens is 306 g/mol. The Morgan fingerprint density at radius 3 is 2.84 bits per heavy atom. The molecule has 3 nitrogen and oxygen atoms in total. The second kappa shape index (κ2) is 5.95. The van der Waals surface area contributed by atoms with Crippen molar-refractivity contribution in [2.24, 2.45) is 5.92 Å². The summed E-state index contributed by atoms with van der Waals surface area (Å²) in [4.78, 5) is 14.3. The molecule has 0 radical (unpaired) electrons. The summed E-state index contributed by atoms with van der Waals surface area (Å²) in [6.45, 7) is 4.75. The van der Waals surface area contributed by atoms with Crippen LogP contribution in [-0.2, 0) is 4.79 Å². The molecule has 1 aromatic carbocycles. The summed E-state index contributed by atoms with van der Waals surface area (Å²) in [5.41, 5.74) is 1.10. The number of carbonyl (C=O) groups is 1. The lowest BCUT2D eigenvalue weighted by molar-refractivity contribution is -0.135. The minimum atomic E-state index is 0.0405. The molecule has 0 bridgehead atoms. The molecule has 1 atom stereocenters. The van der Waals surface area contributed by atoms with Crippen molar-refractivity contribution in [3.63, 3.8) is 0 Å². The van der Waals surface area contributed by atoms with Gasteiger partial charge in [0.1, 0.15) is 5.75 Å². The molecule has 1 amide bonds. The lowest BCUT2D eigenvalue weighted by Crippen LogP contribution is -2.33. The van der Waals surface area contributed by atoms with Crippen molar-refractivity contribution in [3.8, 4) is 5.75 Å². The van der Waals surface area contributed by atoms with Gasteiger partial charge in [-0.15, -0.1) is 0 Å². The lowest BCUT2D eigenvalue weighted by Gasteiger charge is -2.28. The van der Waals surface area contributed by atoms with Crippen LogP contribution in [0.3, 0.4) is 0 Å². The van der Waals surface area contributed by atoms with Gasteiger partial charge in [-0.05, 0) is 31.0 Å². The molecule has 104 valence electrons. The number of halogens is 1. The van der Waals surface area contributed by atoms with E-state index >= 15 is 0 Å². The summed E-state index contributed by atoms with van der Waals surface area (Å²) in [6.07, 6.45) is 2.06. The van der Waals surface area contributed by atoms with Gasteiger partial charge in [0.15, 0.2) is 0 Å². The number of likely N-dealkylation sites (tertiary alicyclic amines) is 1. The Kier molecular flexibility index (Phi) is 4.50. The number of nitrogens with zero attached hydrogens (tertiary/aromatic N) is 1. The number of ether oxygens (including phenoxy) is 1. The van der Waals surface area contributed by atoms with E-state index in [1.807, 2.05) is 30.9 Å². The summed E-state index contributed by atoms with van der Waals surface area (Å²) in [6, 6.07) is 6.12. The molecule has 2 rings (SSSR count). The third-order valence-electron chi connectivity index (χ3n) is 3.58. The Morgan fingerprint density at radius 2 is 2.21 bits per heavy atom. The summed E-state index contributed by atoms with van der Waals surface area (Å²) in [7, 11) is 1.68. The molecule has 19 heavy (non-hydrogen) atoms. The lowest BCUT2D eigenvalue weighted by atomic mass is 10.0. The van der Waals surface area contributed by atoms with Crippen LogP contribution in [-0.4, -0.2) is 24.5 Å². The normalized spacial score (nSPS) is 19.0. The Balaban J connectivity index is 2.34. The van der Waals surface area contributed by atoms with E-state index in [4.69, 9.17) is 4.74 Å². The first kappa shape index (κ1) is 14.4. The Hall–Kier alpha value is -1.03. The average Bonchev–Trinajstić information content (AvgIpc) is 2.86. The van der Waals surface area contributed by atoms with E-state index in [0.29, 0.717) is 0 Å². The highest BCUT2D eigenvalue weighted by Gasteiger charge is 2.32. The molecule has 1 aliphatic heterocycles. The Morgan fingerprint density at radius 1 is 1.47 bits per heavy atom. The maximum atomic E-state index is 12.3. The zero-order valence-corrected chi connectivity index (χ0v) is 13.2. The van der Waals surface area contributed by atoms with E-state index in [-0.39, 0.29) is 17.9 Å². The van der Waals surface area contributed by atoms with Crippen molar-refractivity contribution < 1.29 is 9.53 Å². The van der Waals surface area contributed by atoms with Gasteiger partial charge in [0.05, 0.1) is 13.2 Å². The highest BCUT2D eigenvalue weighted by Crippen LogP contribution is 2.38. The number of rotatable bonds is 3. The van der Waals surface area contributed by atoms with Crippen molar-refractivity contribution in [1.29, 1.82) is 0 Å². The summed E-state index contributed by atoms with van der Waals surface area (Å²) >= 11 is 3.50. The van der Waals surface area contributed by atoms with Gasteiger partial charge in [0, 0.05) is 22.5 Å². The zero-order valence-electron chi connectivity index (χ0n) is 11.6. The van der Waals surface area contributed by atoms with Gasteiger partial charge in [0.2, 0.25) is 5.91 Å². The second-order valence-corrected chi connectivity index (χ2v) is 6.15. The smallest absolute Gasteiger partial charge is 0.225 e. The zero-order chi connectivity index (χ0) is 14.0. The average molecular weight is 326 g/mol. The van der Waals surface area contributed by atoms with Crippen molar-refractivity contribution in [1.82, 2.24) is 4.90 Å². The van der Waals surface area contributed by atoms with Gasteiger partial charge in [0.25, 0.3) is 0 Å². The second-order valence-electron chi connectivity index (χ2n) is 5.23. The molecule has 1 aromatic rings. The molecule has 0 saturated carbocycles. The molecule has 0 unspecified atom stereocenters. The molecular formula is C15H20BrNO2. The summed E-state index contributed by atoms with van der Waals surface area (Å²) in [5, 5.41) is 0. The van der Waals surface area contributed by atoms with Crippen LogP contribution in [0.4, 0.5) is 0 Å². The molecule has 4 heteroatoms. The standard InChI is InChI=1S/C15H20BrNO2/c1-10(2)15(18)17-8-4-5-13(17)12-9-11(16)6-7-14(12)19-3/h6-7,9-10,13H,4-5,8H2,1-3H3/t13-/m1/s1. The fourth-order valence-corrected chi connectivity index (χ4v) is 3.03. The minimum absolute atomic E-state index is 0.0405. The van der Waals surface area contributed by atoms with Crippen molar-refractivity contribution in [2.75, 3.05) is 13.7 Å². The molecule has 1 saturated heterocycles. The largest absolute Gasteiger partial charge is 0.496 e. The minimum Gasteiger partial charge on any atom is -0.496 e. The highest BCUT2D eigenvalue weighted by molar-refractivity contribution is 9.10. The third-order valence-corrected chi connectivity index (χ3v) is 4.07. The van der Waals surface area contributed by atoms with Crippen molar-refractivity contribution in [2.45, 2.75) is 32.7 Å². The van der Waals surface area contributed by atoms with E-state index in [9.17, 15) is 4.79 Å². The van der Waals surface area contributed by atoms with Crippen LogP contribution in [0.5, 0.6) is 5.75 Å². The van der Waals surface area contributed by atoms with Crippen LogP contribution in [0, 0.1) is 5.92 Å².